The molecule has 1 aliphatic rings. The van der Waals surface area contributed by atoms with Crippen LogP contribution in [0.4, 0.5) is 0 Å². The molecule has 0 aromatic rings. The highest BCUT2D eigenvalue weighted by atomic mass is 16.1. The van der Waals surface area contributed by atoms with Crippen LogP contribution in [0.3, 0.4) is 0 Å². The lowest BCUT2D eigenvalue weighted by molar-refractivity contribution is -0.125. The highest BCUT2D eigenvalue weighted by molar-refractivity contribution is 5.77. The molecule has 0 aromatic heterocycles. The van der Waals surface area contributed by atoms with Crippen LogP contribution in [0.5, 0.6) is 0 Å². The van der Waals surface area contributed by atoms with E-state index < -0.39 is 0 Å². The predicted octanol–water partition coefficient (Wildman–Crippen LogP) is 0.222. The molecule has 1 unspecified atom stereocenters. The Bertz CT molecular complexity index is 147. The van der Waals surface area contributed by atoms with Crippen molar-refractivity contribution in [2.45, 2.75) is 31.8 Å². The van der Waals surface area contributed by atoms with Gasteiger partial charge in [-0.1, -0.05) is 0 Å². The van der Waals surface area contributed by atoms with E-state index in [9.17, 15) is 4.79 Å². The SMILES string of the molecule is CNC1(C)CCCC(=O)N1. The molecule has 3 nitrogen and oxygen atoms in total. The molecular formula is C7H14N2O. The smallest absolute Gasteiger partial charge is 0.221 e. The molecule has 0 aliphatic carbocycles. The number of carbonyl (C=O) groups is 1. The standard InChI is InChI=1S/C7H14N2O/c1-7(8-2)5-3-4-6(10)9-7/h8H,3-5H2,1-2H3,(H,9,10). The number of hydrogen-bond acceptors (Lipinski definition) is 2. The van der Waals surface area contributed by atoms with E-state index in [2.05, 4.69) is 10.6 Å². The third kappa shape index (κ3) is 1.48. The summed E-state index contributed by atoms with van der Waals surface area (Å²) in [7, 11) is 1.87. The second-order valence-corrected chi connectivity index (χ2v) is 2.98. The van der Waals surface area contributed by atoms with E-state index in [4.69, 9.17) is 0 Å². The second kappa shape index (κ2) is 2.58. The van der Waals surface area contributed by atoms with E-state index >= 15 is 0 Å². The van der Waals surface area contributed by atoms with Crippen LogP contribution in [0.1, 0.15) is 26.2 Å². The summed E-state index contributed by atoms with van der Waals surface area (Å²) in [6, 6.07) is 0. The largest absolute Gasteiger partial charge is 0.338 e. The molecule has 1 heterocycles. The van der Waals surface area contributed by atoms with Gasteiger partial charge in [0.25, 0.3) is 0 Å². The number of nitrogens with one attached hydrogen (secondary N) is 2. The second-order valence-electron chi connectivity index (χ2n) is 2.98. The Morgan fingerprint density at radius 2 is 2.40 bits per heavy atom. The Labute approximate surface area is 61.2 Å². The molecule has 10 heavy (non-hydrogen) atoms. The molecular weight excluding hydrogens is 128 g/mol. The molecule has 1 fully saturated rings. The molecule has 1 aliphatic heterocycles. The van der Waals surface area contributed by atoms with Gasteiger partial charge in [-0.25, -0.2) is 0 Å². The first-order valence-electron chi connectivity index (χ1n) is 3.66. The van der Waals surface area contributed by atoms with Crippen LogP contribution in [0.25, 0.3) is 0 Å². The summed E-state index contributed by atoms with van der Waals surface area (Å²) in [5.41, 5.74) is -0.157. The average molecular weight is 142 g/mol. The minimum absolute atomic E-state index is 0.156. The third-order valence-corrected chi connectivity index (χ3v) is 2.05. The van der Waals surface area contributed by atoms with Gasteiger partial charge in [0.05, 0.1) is 5.66 Å². The van der Waals surface area contributed by atoms with Crippen LogP contribution < -0.4 is 10.6 Å². The molecule has 0 spiro atoms. The molecule has 3 heteroatoms. The lowest BCUT2D eigenvalue weighted by Crippen LogP contribution is -2.57. The molecule has 1 saturated heterocycles. The van der Waals surface area contributed by atoms with E-state index in [1.54, 1.807) is 0 Å². The zero-order chi connectivity index (χ0) is 7.61. The van der Waals surface area contributed by atoms with Crippen molar-refractivity contribution in [3.8, 4) is 0 Å². The normalized spacial score (nSPS) is 33.6. The maximum Gasteiger partial charge on any atom is 0.221 e. The maximum atomic E-state index is 10.9. The zero-order valence-corrected chi connectivity index (χ0v) is 6.53. The quantitative estimate of drug-likeness (QED) is 0.550. The van der Waals surface area contributed by atoms with Gasteiger partial charge in [0.15, 0.2) is 0 Å². The van der Waals surface area contributed by atoms with Crippen molar-refractivity contribution in [3.05, 3.63) is 0 Å². The van der Waals surface area contributed by atoms with E-state index in [0.717, 1.165) is 12.8 Å². The molecule has 1 amide bonds. The summed E-state index contributed by atoms with van der Waals surface area (Å²) in [5, 5.41) is 5.97. The van der Waals surface area contributed by atoms with E-state index in [0.29, 0.717) is 6.42 Å². The monoisotopic (exact) mass is 142 g/mol. The Balaban J connectivity index is 2.53. The lowest BCUT2D eigenvalue weighted by Gasteiger charge is -2.34. The van der Waals surface area contributed by atoms with Gasteiger partial charge >= 0.3 is 0 Å². The Morgan fingerprint density at radius 3 is 2.80 bits per heavy atom. The van der Waals surface area contributed by atoms with Crippen LogP contribution in [-0.4, -0.2) is 18.6 Å². The van der Waals surface area contributed by atoms with Gasteiger partial charge < -0.3 is 5.32 Å². The Morgan fingerprint density at radius 1 is 1.70 bits per heavy atom. The van der Waals surface area contributed by atoms with Crippen molar-refractivity contribution < 1.29 is 4.79 Å². The highest BCUT2D eigenvalue weighted by Gasteiger charge is 2.27. The van der Waals surface area contributed by atoms with E-state index in [1.807, 2.05) is 14.0 Å². The Kier molecular flexibility index (Phi) is 1.94. The number of piperidine rings is 1. The van der Waals surface area contributed by atoms with Gasteiger partial charge in [-0.15, -0.1) is 0 Å². The molecule has 1 rings (SSSR count). The Hall–Kier alpha value is -0.570. The summed E-state index contributed by atoms with van der Waals surface area (Å²) in [5.74, 6) is 0.156. The molecule has 0 saturated carbocycles. The van der Waals surface area contributed by atoms with Crippen molar-refractivity contribution in [1.29, 1.82) is 0 Å². The van der Waals surface area contributed by atoms with Crippen molar-refractivity contribution in [3.63, 3.8) is 0 Å². The van der Waals surface area contributed by atoms with Crippen molar-refractivity contribution in [2.75, 3.05) is 7.05 Å². The van der Waals surface area contributed by atoms with Crippen LogP contribution in [0, 0.1) is 0 Å². The summed E-state index contributed by atoms with van der Waals surface area (Å²) < 4.78 is 0. The molecule has 0 bridgehead atoms. The summed E-state index contributed by atoms with van der Waals surface area (Å²) in [6.45, 7) is 2.00. The van der Waals surface area contributed by atoms with Crippen LogP contribution in [0.15, 0.2) is 0 Å². The van der Waals surface area contributed by atoms with Gasteiger partial charge in [0, 0.05) is 6.42 Å². The minimum Gasteiger partial charge on any atom is -0.338 e. The number of carbonyl (C=O) groups excluding carboxylic acids is 1. The van der Waals surface area contributed by atoms with Gasteiger partial charge in [0.2, 0.25) is 5.91 Å². The highest BCUT2D eigenvalue weighted by Crippen LogP contribution is 2.15. The molecule has 58 valence electrons. The number of hydrogen-bond donors (Lipinski definition) is 2. The fourth-order valence-corrected chi connectivity index (χ4v) is 1.22. The summed E-state index contributed by atoms with van der Waals surface area (Å²) in [6.07, 6.45) is 2.69. The molecule has 1 atom stereocenters. The first kappa shape index (κ1) is 7.54. The maximum absolute atomic E-state index is 10.9. The minimum atomic E-state index is -0.157. The topological polar surface area (TPSA) is 41.1 Å². The van der Waals surface area contributed by atoms with Crippen molar-refractivity contribution in [1.82, 2.24) is 10.6 Å². The molecule has 0 radical (unpaired) electrons. The first-order valence-corrected chi connectivity index (χ1v) is 3.66. The van der Waals surface area contributed by atoms with Crippen molar-refractivity contribution in [2.24, 2.45) is 0 Å². The van der Waals surface area contributed by atoms with E-state index in [-0.39, 0.29) is 11.6 Å². The lowest BCUT2D eigenvalue weighted by atomic mass is 10.00. The van der Waals surface area contributed by atoms with Crippen LogP contribution in [-0.2, 0) is 4.79 Å². The zero-order valence-electron chi connectivity index (χ0n) is 6.53. The fraction of sp³-hybridized carbons (Fsp3) is 0.857. The number of rotatable bonds is 1. The van der Waals surface area contributed by atoms with E-state index in [1.165, 1.54) is 0 Å². The third-order valence-electron chi connectivity index (χ3n) is 2.05. The summed E-state index contributed by atoms with van der Waals surface area (Å²) in [4.78, 5) is 10.9. The van der Waals surface area contributed by atoms with Gasteiger partial charge in [0.1, 0.15) is 0 Å². The van der Waals surface area contributed by atoms with Crippen LogP contribution in [0.2, 0.25) is 0 Å². The fourth-order valence-electron chi connectivity index (χ4n) is 1.22. The van der Waals surface area contributed by atoms with Crippen LogP contribution >= 0.6 is 0 Å². The average Bonchev–Trinajstić information content (AvgIpc) is 1.88. The number of amides is 1. The van der Waals surface area contributed by atoms with Gasteiger partial charge in [-0.05, 0) is 26.8 Å². The van der Waals surface area contributed by atoms with Gasteiger partial charge in [-0.3, -0.25) is 10.1 Å². The van der Waals surface area contributed by atoms with Gasteiger partial charge in [-0.2, -0.15) is 0 Å². The summed E-state index contributed by atoms with van der Waals surface area (Å²) >= 11 is 0. The van der Waals surface area contributed by atoms with Crippen molar-refractivity contribution >= 4 is 5.91 Å². The molecule has 2 N–H and O–H groups in total. The predicted molar refractivity (Wildman–Crippen MR) is 39.5 cm³/mol. The molecule has 0 aromatic carbocycles. The first-order chi connectivity index (χ1) is 4.66.